The van der Waals surface area contributed by atoms with Gasteiger partial charge in [-0.3, -0.25) is 0 Å². The molecule has 3 nitrogen and oxygen atoms in total. The van der Waals surface area contributed by atoms with Gasteiger partial charge in [-0.2, -0.15) is 0 Å². The Hall–Kier alpha value is -1.17. The molecule has 0 saturated heterocycles. The SMILES string of the molecule is C[I-]N(c1ccccn1)c1ccccn1. The summed E-state index contributed by atoms with van der Waals surface area (Å²) >= 11 is -0.107. The van der Waals surface area contributed by atoms with Crippen LogP contribution in [0.2, 0.25) is 0 Å². The molecular weight excluding hydrogens is 301 g/mol. The second-order valence-corrected chi connectivity index (χ2v) is 4.76. The van der Waals surface area contributed by atoms with Crippen molar-refractivity contribution < 1.29 is 21.5 Å². The third kappa shape index (κ3) is 2.44. The first-order valence-electron chi connectivity index (χ1n) is 4.54. The van der Waals surface area contributed by atoms with E-state index in [0.717, 1.165) is 11.6 Å². The van der Waals surface area contributed by atoms with E-state index in [1.54, 1.807) is 0 Å². The maximum atomic E-state index is 4.34. The normalized spacial score (nSPS) is 10.2. The molecule has 2 rings (SSSR count). The van der Waals surface area contributed by atoms with Crippen LogP contribution < -0.4 is 24.6 Å². The molecule has 0 aliphatic heterocycles. The van der Waals surface area contributed by atoms with Crippen molar-refractivity contribution in [3.05, 3.63) is 48.8 Å². The minimum atomic E-state index is -0.107. The fourth-order valence-corrected chi connectivity index (χ4v) is 2.79. The number of pyridine rings is 2. The van der Waals surface area contributed by atoms with Crippen LogP contribution in [0.5, 0.6) is 0 Å². The maximum absolute atomic E-state index is 4.34. The Labute approximate surface area is 99.8 Å². The van der Waals surface area contributed by atoms with Crippen LogP contribution in [-0.4, -0.2) is 14.9 Å². The van der Waals surface area contributed by atoms with E-state index in [4.69, 9.17) is 0 Å². The summed E-state index contributed by atoms with van der Waals surface area (Å²) in [5, 5.41) is 0. The average Bonchev–Trinajstić information content (AvgIpc) is 2.33. The van der Waals surface area contributed by atoms with E-state index < -0.39 is 0 Å². The predicted octanol–water partition coefficient (Wildman–Crippen LogP) is -0.751. The molecule has 2 aromatic heterocycles. The summed E-state index contributed by atoms with van der Waals surface area (Å²) in [6.45, 7) is 0. The molecule has 15 heavy (non-hydrogen) atoms. The van der Waals surface area contributed by atoms with Gasteiger partial charge in [0.05, 0.1) is 0 Å². The summed E-state index contributed by atoms with van der Waals surface area (Å²) in [6.07, 6.45) is 3.62. The number of rotatable bonds is 3. The van der Waals surface area contributed by atoms with Gasteiger partial charge < -0.3 is 0 Å². The number of halogens is 1. The summed E-state index contributed by atoms with van der Waals surface area (Å²) in [4.78, 5) is 10.9. The van der Waals surface area contributed by atoms with Crippen molar-refractivity contribution in [1.29, 1.82) is 0 Å². The van der Waals surface area contributed by atoms with Gasteiger partial charge in [0, 0.05) is 0 Å². The first kappa shape index (κ1) is 10.4. The Kier molecular flexibility index (Phi) is 3.49. The number of nitrogens with zero attached hydrogens (tertiary/aromatic N) is 3. The van der Waals surface area contributed by atoms with Crippen molar-refractivity contribution in [3.8, 4) is 0 Å². The van der Waals surface area contributed by atoms with Crippen molar-refractivity contribution in [1.82, 2.24) is 9.97 Å². The van der Waals surface area contributed by atoms with Crippen molar-refractivity contribution >= 4 is 11.6 Å². The second kappa shape index (κ2) is 5.06. The summed E-state index contributed by atoms with van der Waals surface area (Å²) in [7, 11) is 0. The van der Waals surface area contributed by atoms with Gasteiger partial charge in [0.2, 0.25) is 0 Å². The molecular formula is C11H11IN3-. The van der Waals surface area contributed by atoms with E-state index in [0.29, 0.717) is 0 Å². The molecule has 2 heterocycles. The Bertz CT molecular complexity index is 365. The molecule has 0 fully saturated rings. The van der Waals surface area contributed by atoms with Gasteiger partial charge in [-0.15, -0.1) is 0 Å². The molecule has 0 amide bonds. The fraction of sp³-hybridized carbons (Fsp3) is 0.0909. The van der Waals surface area contributed by atoms with Gasteiger partial charge in [-0.1, -0.05) is 0 Å². The van der Waals surface area contributed by atoms with Crippen molar-refractivity contribution in [2.45, 2.75) is 0 Å². The van der Waals surface area contributed by atoms with Crippen LogP contribution in [0.1, 0.15) is 0 Å². The monoisotopic (exact) mass is 312 g/mol. The van der Waals surface area contributed by atoms with Crippen LogP contribution >= 0.6 is 0 Å². The minimum absolute atomic E-state index is 0.107. The van der Waals surface area contributed by atoms with E-state index in [1.807, 2.05) is 48.8 Å². The zero-order chi connectivity index (χ0) is 10.5. The van der Waals surface area contributed by atoms with Crippen LogP contribution in [0.3, 0.4) is 0 Å². The topological polar surface area (TPSA) is 29.0 Å². The van der Waals surface area contributed by atoms with E-state index >= 15 is 0 Å². The van der Waals surface area contributed by atoms with E-state index in [2.05, 4.69) is 18.0 Å². The van der Waals surface area contributed by atoms with Crippen molar-refractivity contribution in [3.63, 3.8) is 0 Å². The fourth-order valence-electron chi connectivity index (χ4n) is 1.23. The summed E-state index contributed by atoms with van der Waals surface area (Å²) in [5.74, 6) is 1.96. The van der Waals surface area contributed by atoms with E-state index in [9.17, 15) is 0 Å². The van der Waals surface area contributed by atoms with Gasteiger partial charge in [0.1, 0.15) is 0 Å². The molecule has 0 saturated carbocycles. The average molecular weight is 312 g/mol. The van der Waals surface area contributed by atoms with Gasteiger partial charge >= 0.3 is 99.9 Å². The number of hydrogen-bond acceptors (Lipinski definition) is 3. The quantitative estimate of drug-likeness (QED) is 0.424. The summed E-state index contributed by atoms with van der Waals surface area (Å²) < 4.78 is 2.18. The predicted molar refractivity (Wildman–Crippen MR) is 56.5 cm³/mol. The molecule has 4 heteroatoms. The second-order valence-electron chi connectivity index (χ2n) is 2.83. The molecule has 2 aromatic rings. The van der Waals surface area contributed by atoms with Crippen molar-refractivity contribution in [2.24, 2.45) is 0 Å². The van der Waals surface area contributed by atoms with Crippen LogP contribution in [-0.2, 0) is 0 Å². The molecule has 0 atom stereocenters. The zero-order valence-corrected chi connectivity index (χ0v) is 10.5. The third-order valence-electron chi connectivity index (χ3n) is 1.87. The van der Waals surface area contributed by atoms with E-state index in [1.165, 1.54) is 0 Å². The molecule has 0 radical (unpaired) electrons. The Morgan fingerprint density at radius 3 is 1.80 bits per heavy atom. The third-order valence-corrected chi connectivity index (χ3v) is 3.82. The van der Waals surface area contributed by atoms with Crippen molar-refractivity contribution in [2.75, 3.05) is 8.04 Å². The van der Waals surface area contributed by atoms with Crippen LogP contribution in [0.25, 0.3) is 0 Å². The molecule has 0 unspecified atom stereocenters. The van der Waals surface area contributed by atoms with Gasteiger partial charge in [-0.25, -0.2) is 0 Å². The molecule has 0 spiro atoms. The number of alkyl halides is 1. The number of hydrogen-bond donors (Lipinski definition) is 0. The number of anilines is 2. The standard InChI is InChI=1S/C11H11IN3/c1-12-15(10-6-2-4-8-13-10)11-7-3-5-9-14-11/h2-9H,1H3/q-1. The molecule has 0 aliphatic rings. The summed E-state index contributed by atoms with van der Waals surface area (Å²) in [5.41, 5.74) is 0. The molecule has 0 N–H and O–H groups in total. The molecule has 0 aromatic carbocycles. The Morgan fingerprint density at radius 2 is 1.47 bits per heavy atom. The van der Waals surface area contributed by atoms with Crippen LogP contribution in [0.15, 0.2) is 48.8 Å². The number of aromatic nitrogens is 2. The van der Waals surface area contributed by atoms with E-state index in [-0.39, 0.29) is 21.5 Å². The Morgan fingerprint density at radius 1 is 0.933 bits per heavy atom. The molecule has 0 aliphatic carbocycles. The Balaban J connectivity index is 2.34. The molecule has 0 bridgehead atoms. The first-order valence-corrected chi connectivity index (χ1v) is 7.66. The van der Waals surface area contributed by atoms with Crippen LogP contribution in [0, 0.1) is 0 Å². The van der Waals surface area contributed by atoms with Gasteiger partial charge in [0.25, 0.3) is 0 Å². The molecule has 78 valence electrons. The zero-order valence-electron chi connectivity index (χ0n) is 8.34. The summed E-state index contributed by atoms with van der Waals surface area (Å²) in [6, 6.07) is 11.9. The first-order chi connectivity index (χ1) is 7.42. The van der Waals surface area contributed by atoms with Gasteiger partial charge in [-0.05, 0) is 0 Å². The van der Waals surface area contributed by atoms with Crippen LogP contribution in [0.4, 0.5) is 11.6 Å². The van der Waals surface area contributed by atoms with Gasteiger partial charge in [0.15, 0.2) is 0 Å².